The Morgan fingerprint density at radius 1 is 1.35 bits per heavy atom. The van der Waals surface area contributed by atoms with Crippen LogP contribution in [0.2, 0.25) is 0 Å². The summed E-state index contributed by atoms with van der Waals surface area (Å²) in [4.78, 5) is 16.7. The van der Waals surface area contributed by atoms with Gasteiger partial charge in [0.15, 0.2) is 5.65 Å². The molecule has 2 heterocycles. The molecule has 0 aliphatic carbocycles. The molecule has 2 aromatic rings. The molecule has 23 heavy (non-hydrogen) atoms. The van der Waals surface area contributed by atoms with Crippen LogP contribution >= 0.6 is 24.8 Å². The van der Waals surface area contributed by atoms with Crippen molar-refractivity contribution in [3.8, 4) is 0 Å². The Kier molecular flexibility index (Phi) is 8.52. The number of pyridine rings is 1. The van der Waals surface area contributed by atoms with Crippen LogP contribution in [0.1, 0.15) is 49.3 Å². The van der Waals surface area contributed by atoms with Crippen molar-refractivity contribution in [1.29, 1.82) is 0 Å². The number of hydrogen-bond acceptors (Lipinski definition) is 4. The first-order chi connectivity index (χ1) is 9.90. The molecule has 0 saturated carbocycles. The fraction of sp³-hybridized carbons (Fsp3) is 0.533. The van der Waals surface area contributed by atoms with Crippen LogP contribution in [0.3, 0.4) is 0 Å². The van der Waals surface area contributed by atoms with Crippen LogP contribution in [0.4, 0.5) is 0 Å². The second kappa shape index (κ2) is 9.05. The van der Waals surface area contributed by atoms with Gasteiger partial charge in [0.1, 0.15) is 0 Å². The third kappa shape index (κ3) is 5.06. The van der Waals surface area contributed by atoms with E-state index < -0.39 is 0 Å². The van der Waals surface area contributed by atoms with E-state index in [1.165, 1.54) is 0 Å². The molecule has 0 spiro atoms. The lowest BCUT2D eigenvalue weighted by molar-refractivity contribution is 0.0952. The van der Waals surface area contributed by atoms with Gasteiger partial charge < -0.3 is 11.1 Å². The van der Waals surface area contributed by atoms with E-state index in [2.05, 4.69) is 29.2 Å². The van der Waals surface area contributed by atoms with Gasteiger partial charge in [-0.25, -0.2) is 9.67 Å². The molecule has 0 bridgehead atoms. The molecule has 1 unspecified atom stereocenters. The summed E-state index contributed by atoms with van der Waals surface area (Å²) in [5.74, 6) is -0.111. The number of halogens is 2. The number of carbonyl (C=O) groups is 1. The van der Waals surface area contributed by atoms with Gasteiger partial charge in [-0.2, -0.15) is 5.10 Å². The highest BCUT2D eigenvalue weighted by Crippen LogP contribution is 2.19. The maximum Gasteiger partial charge on any atom is 0.253 e. The number of aryl methyl sites for hydroxylation is 1. The molecule has 0 aromatic carbocycles. The quantitative estimate of drug-likeness (QED) is 0.856. The topological polar surface area (TPSA) is 85.8 Å². The number of fused-ring (bicyclic) bond motifs is 1. The number of amides is 1. The number of rotatable bonds is 5. The molecule has 0 aliphatic rings. The first-order valence-electron chi connectivity index (χ1n) is 7.28. The Balaban J connectivity index is 0.00000242. The number of nitrogens with two attached hydrogens (primary N) is 1. The first kappa shape index (κ1) is 21.6. The van der Waals surface area contributed by atoms with Crippen molar-refractivity contribution in [2.75, 3.05) is 6.54 Å². The number of hydrogen-bond donors (Lipinski definition) is 2. The number of carbonyl (C=O) groups excluding carboxylic acids is 1. The highest BCUT2D eigenvalue weighted by Gasteiger charge is 2.15. The van der Waals surface area contributed by atoms with Crippen molar-refractivity contribution in [2.24, 2.45) is 5.73 Å². The van der Waals surface area contributed by atoms with Gasteiger partial charge in [0.25, 0.3) is 5.91 Å². The van der Waals surface area contributed by atoms with Crippen LogP contribution < -0.4 is 11.1 Å². The lowest BCUT2D eigenvalue weighted by Crippen LogP contribution is -2.29. The zero-order valence-corrected chi connectivity index (χ0v) is 15.5. The summed E-state index contributed by atoms with van der Waals surface area (Å²) in [6.07, 6.45) is 2.51. The maximum absolute atomic E-state index is 12.2. The van der Waals surface area contributed by atoms with Crippen LogP contribution in [-0.4, -0.2) is 33.3 Å². The Morgan fingerprint density at radius 3 is 2.57 bits per heavy atom. The molecule has 8 heteroatoms. The minimum atomic E-state index is -0.111. The van der Waals surface area contributed by atoms with Gasteiger partial charge in [-0.05, 0) is 40.2 Å². The third-order valence-electron chi connectivity index (χ3n) is 3.38. The van der Waals surface area contributed by atoms with Crippen molar-refractivity contribution in [1.82, 2.24) is 20.1 Å². The largest absolute Gasteiger partial charge is 0.352 e. The molecule has 6 nitrogen and oxygen atoms in total. The van der Waals surface area contributed by atoms with Crippen molar-refractivity contribution >= 4 is 41.8 Å². The lowest BCUT2D eigenvalue weighted by atomic mass is 10.1. The van der Waals surface area contributed by atoms with Crippen LogP contribution in [0.25, 0.3) is 11.0 Å². The van der Waals surface area contributed by atoms with Gasteiger partial charge in [-0.3, -0.25) is 4.79 Å². The van der Waals surface area contributed by atoms with Crippen LogP contribution in [0.15, 0.2) is 12.3 Å². The number of nitrogens with zero attached hydrogens (tertiary/aromatic N) is 3. The highest BCUT2D eigenvalue weighted by molar-refractivity contribution is 5.98. The van der Waals surface area contributed by atoms with Gasteiger partial charge in [-0.1, -0.05) is 0 Å². The smallest absolute Gasteiger partial charge is 0.253 e. The molecule has 3 N–H and O–H groups in total. The SMILES string of the molecule is Cc1nc2c(cnn2C(C)C)cc1C(=O)NCCC(C)N.Cl.Cl. The van der Waals surface area contributed by atoms with E-state index in [1.54, 1.807) is 6.20 Å². The Hall–Kier alpha value is -1.37. The average molecular weight is 362 g/mol. The van der Waals surface area contributed by atoms with Crippen molar-refractivity contribution in [2.45, 2.75) is 46.2 Å². The summed E-state index contributed by atoms with van der Waals surface area (Å²) < 4.78 is 1.86. The molecule has 1 amide bonds. The predicted octanol–water partition coefficient (Wildman–Crippen LogP) is 2.63. The van der Waals surface area contributed by atoms with Crippen LogP contribution in [0, 0.1) is 6.92 Å². The lowest BCUT2D eigenvalue weighted by Gasteiger charge is -2.10. The summed E-state index contributed by atoms with van der Waals surface area (Å²) in [6.45, 7) is 8.44. The number of nitrogens with one attached hydrogen (secondary N) is 1. The highest BCUT2D eigenvalue weighted by atomic mass is 35.5. The second-order valence-corrected chi connectivity index (χ2v) is 5.74. The molecule has 0 fully saturated rings. The molecule has 0 aliphatic heterocycles. The standard InChI is InChI=1S/C15H23N5O.2ClH/c1-9(2)20-14-12(8-18-20)7-13(11(4)19-14)15(21)17-6-5-10(3)16;;/h7-10H,5-6,16H2,1-4H3,(H,17,21);2*1H. The molecular weight excluding hydrogens is 337 g/mol. The Bertz CT molecular complexity index is 655. The van der Waals surface area contributed by atoms with E-state index in [-0.39, 0.29) is 42.8 Å². The van der Waals surface area contributed by atoms with Gasteiger partial charge in [0.05, 0.1) is 17.5 Å². The van der Waals surface area contributed by atoms with Crippen molar-refractivity contribution in [3.63, 3.8) is 0 Å². The van der Waals surface area contributed by atoms with Gasteiger partial charge in [-0.15, -0.1) is 24.8 Å². The monoisotopic (exact) mass is 361 g/mol. The molecule has 2 rings (SSSR count). The third-order valence-corrected chi connectivity index (χ3v) is 3.38. The number of aromatic nitrogens is 3. The van der Waals surface area contributed by atoms with Gasteiger partial charge >= 0.3 is 0 Å². The normalized spacial score (nSPS) is 11.7. The minimum absolute atomic E-state index is 0. The van der Waals surface area contributed by atoms with E-state index >= 15 is 0 Å². The fourth-order valence-electron chi connectivity index (χ4n) is 2.18. The Labute approximate surface area is 149 Å². The molecule has 130 valence electrons. The second-order valence-electron chi connectivity index (χ2n) is 5.74. The van der Waals surface area contributed by atoms with E-state index in [4.69, 9.17) is 5.73 Å². The summed E-state index contributed by atoms with van der Waals surface area (Å²) in [5.41, 5.74) is 7.80. The van der Waals surface area contributed by atoms with Gasteiger partial charge in [0.2, 0.25) is 0 Å². The summed E-state index contributed by atoms with van der Waals surface area (Å²) in [7, 11) is 0. The molecule has 2 aromatic heterocycles. The molecule has 1 atom stereocenters. The first-order valence-corrected chi connectivity index (χ1v) is 7.28. The van der Waals surface area contributed by atoms with Gasteiger partial charge in [0, 0.05) is 24.0 Å². The zero-order chi connectivity index (χ0) is 15.6. The molecule has 0 radical (unpaired) electrons. The van der Waals surface area contributed by atoms with E-state index in [0.29, 0.717) is 17.8 Å². The summed E-state index contributed by atoms with van der Waals surface area (Å²) >= 11 is 0. The molecule has 0 saturated heterocycles. The molecular formula is C15H25Cl2N5O. The predicted molar refractivity (Wildman–Crippen MR) is 97.7 cm³/mol. The van der Waals surface area contributed by atoms with Crippen LogP contribution in [-0.2, 0) is 0 Å². The van der Waals surface area contributed by atoms with Crippen molar-refractivity contribution < 1.29 is 4.79 Å². The zero-order valence-electron chi connectivity index (χ0n) is 13.9. The average Bonchev–Trinajstić information content (AvgIpc) is 2.79. The maximum atomic E-state index is 12.2. The van der Waals surface area contributed by atoms with E-state index in [0.717, 1.165) is 17.5 Å². The van der Waals surface area contributed by atoms with Crippen molar-refractivity contribution in [3.05, 3.63) is 23.5 Å². The fourth-order valence-corrected chi connectivity index (χ4v) is 2.18. The minimum Gasteiger partial charge on any atom is -0.352 e. The Morgan fingerprint density at radius 2 is 2.00 bits per heavy atom. The summed E-state index contributed by atoms with van der Waals surface area (Å²) in [6, 6.07) is 2.17. The van der Waals surface area contributed by atoms with E-state index in [9.17, 15) is 4.79 Å². The van der Waals surface area contributed by atoms with E-state index in [1.807, 2.05) is 24.6 Å². The summed E-state index contributed by atoms with van der Waals surface area (Å²) in [5, 5.41) is 8.09. The van der Waals surface area contributed by atoms with Crippen LogP contribution in [0.5, 0.6) is 0 Å².